The number of aryl methyl sites for hydroxylation is 1. The molecule has 2 aromatic heterocycles. The largest absolute Gasteiger partial charge is 0.465 e. The zero-order chi connectivity index (χ0) is 18.4. The maximum atomic E-state index is 12.2. The maximum absolute atomic E-state index is 12.2. The van der Waals surface area contributed by atoms with E-state index in [0.717, 1.165) is 16.3 Å². The summed E-state index contributed by atoms with van der Waals surface area (Å²) in [6, 6.07) is 10.5. The van der Waals surface area contributed by atoms with Crippen LogP contribution in [-0.4, -0.2) is 29.0 Å². The van der Waals surface area contributed by atoms with Crippen molar-refractivity contribution >= 4 is 28.9 Å². The Morgan fingerprint density at radius 1 is 1.23 bits per heavy atom. The van der Waals surface area contributed by atoms with Crippen LogP contribution in [0.1, 0.15) is 21.8 Å². The Bertz CT molecular complexity index is 909. The van der Waals surface area contributed by atoms with Crippen molar-refractivity contribution < 1.29 is 14.3 Å². The lowest BCUT2D eigenvalue weighted by Gasteiger charge is -2.06. The molecule has 0 aliphatic heterocycles. The first-order valence-electron chi connectivity index (χ1n) is 7.99. The molecular formula is C19H17N3O3S. The van der Waals surface area contributed by atoms with Crippen molar-refractivity contribution in [1.29, 1.82) is 0 Å². The zero-order valence-corrected chi connectivity index (χ0v) is 15.0. The van der Waals surface area contributed by atoms with Crippen LogP contribution in [0.4, 0.5) is 5.69 Å². The van der Waals surface area contributed by atoms with Gasteiger partial charge in [-0.15, -0.1) is 11.3 Å². The number of benzene rings is 1. The molecule has 2 heterocycles. The molecule has 7 heteroatoms. The molecule has 6 nitrogen and oxygen atoms in total. The minimum atomic E-state index is -0.438. The molecule has 0 fully saturated rings. The predicted molar refractivity (Wildman–Crippen MR) is 100 cm³/mol. The second kappa shape index (κ2) is 8.35. The van der Waals surface area contributed by atoms with Gasteiger partial charge in [0, 0.05) is 41.9 Å². The van der Waals surface area contributed by atoms with Gasteiger partial charge in [0.25, 0.3) is 0 Å². The van der Waals surface area contributed by atoms with E-state index in [9.17, 15) is 9.59 Å². The molecule has 3 rings (SSSR count). The van der Waals surface area contributed by atoms with Crippen molar-refractivity contribution in [2.75, 3.05) is 12.4 Å². The van der Waals surface area contributed by atoms with Gasteiger partial charge in [0.1, 0.15) is 0 Å². The zero-order valence-electron chi connectivity index (χ0n) is 14.1. The molecule has 0 unspecified atom stereocenters. The number of nitrogens with zero attached hydrogens (tertiary/aromatic N) is 2. The Hall–Kier alpha value is -3.06. The number of carbonyl (C=O) groups is 2. The van der Waals surface area contributed by atoms with E-state index in [0.29, 0.717) is 24.1 Å². The monoisotopic (exact) mass is 367 g/mol. The Morgan fingerprint density at radius 3 is 2.88 bits per heavy atom. The van der Waals surface area contributed by atoms with Crippen molar-refractivity contribution in [2.24, 2.45) is 0 Å². The minimum Gasteiger partial charge on any atom is -0.465 e. The first-order chi connectivity index (χ1) is 12.7. The average molecular weight is 367 g/mol. The highest BCUT2D eigenvalue weighted by atomic mass is 32.1. The number of methoxy groups -OCH3 is 1. The second-order valence-electron chi connectivity index (χ2n) is 5.49. The summed E-state index contributed by atoms with van der Waals surface area (Å²) in [5, 5.41) is 5.64. The summed E-state index contributed by atoms with van der Waals surface area (Å²) in [5.74, 6) is -0.572. The van der Waals surface area contributed by atoms with Crippen molar-refractivity contribution in [3.05, 3.63) is 64.7 Å². The van der Waals surface area contributed by atoms with Crippen LogP contribution in [0.15, 0.2) is 54.2 Å². The number of carbonyl (C=O) groups excluding carboxylic acids is 2. The minimum absolute atomic E-state index is 0.134. The van der Waals surface area contributed by atoms with E-state index in [1.807, 2.05) is 17.5 Å². The summed E-state index contributed by atoms with van der Waals surface area (Å²) >= 11 is 1.52. The van der Waals surface area contributed by atoms with Crippen LogP contribution in [0.2, 0.25) is 0 Å². The predicted octanol–water partition coefficient (Wildman–Crippen LogP) is 3.56. The van der Waals surface area contributed by atoms with E-state index in [1.54, 1.807) is 36.7 Å². The molecule has 0 radical (unpaired) electrons. The van der Waals surface area contributed by atoms with Crippen LogP contribution in [-0.2, 0) is 16.0 Å². The molecule has 0 aliphatic carbocycles. The van der Waals surface area contributed by atoms with Gasteiger partial charge in [-0.1, -0.05) is 6.07 Å². The third-order valence-corrected chi connectivity index (χ3v) is 4.55. The summed E-state index contributed by atoms with van der Waals surface area (Å²) in [6.45, 7) is 0. The number of anilines is 1. The van der Waals surface area contributed by atoms with Crippen LogP contribution in [0.3, 0.4) is 0 Å². The Kier molecular flexibility index (Phi) is 5.70. The lowest BCUT2D eigenvalue weighted by atomic mass is 10.2. The van der Waals surface area contributed by atoms with Crippen LogP contribution < -0.4 is 5.32 Å². The molecule has 0 bridgehead atoms. The molecule has 0 saturated carbocycles. The number of rotatable bonds is 6. The standard InChI is InChI=1S/C19H17N3O3S/c1-25-19(24)13-4-2-6-15(10-13)21-17(23)7-8-18-22-16(12-26-18)14-5-3-9-20-11-14/h2-6,9-12H,7-8H2,1H3,(H,21,23). The third kappa shape index (κ3) is 4.52. The number of thiazole rings is 1. The van der Waals surface area contributed by atoms with Gasteiger partial charge in [-0.25, -0.2) is 9.78 Å². The van der Waals surface area contributed by atoms with Crippen molar-refractivity contribution in [3.8, 4) is 11.3 Å². The molecule has 132 valence electrons. The Labute approximate surface area is 154 Å². The first-order valence-corrected chi connectivity index (χ1v) is 8.86. The summed E-state index contributed by atoms with van der Waals surface area (Å²) in [4.78, 5) is 32.3. The smallest absolute Gasteiger partial charge is 0.337 e. The fraction of sp³-hybridized carbons (Fsp3) is 0.158. The summed E-state index contributed by atoms with van der Waals surface area (Å²) in [7, 11) is 1.32. The topological polar surface area (TPSA) is 81.2 Å². The molecule has 1 aromatic carbocycles. The number of hydrogen-bond acceptors (Lipinski definition) is 6. The lowest BCUT2D eigenvalue weighted by Crippen LogP contribution is -2.13. The van der Waals surface area contributed by atoms with Gasteiger partial charge in [-0.3, -0.25) is 9.78 Å². The molecule has 0 aliphatic rings. The third-order valence-electron chi connectivity index (χ3n) is 3.64. The van der Waals surface area contributed by atoms with Crippen LogP contribution in [0, 0.1) is 0 Å². The van der Waals surface area contributed by atoms with E-state index < -0.39 is 5.97 Å². The van der Waals surface area contributed by atoms with E-state index in [4.69, 9.17) is 0 Å². The Morgan fingerprint density at radius 2 is 2.12 bits per heavy atom. The number of esters is 1. The molecule has 0 saturated heterocycles. The van der Waals surface area contributed by atoms with Gasteiger partial charge in [-0.05, 0) is 30.3 Å². The molecule has 26 heavy (non-hydrogen) atoms. The van der Waals surface area contributed by atoms with E-state index in [2.05, 4.69) is 20.0 Å². The van der Waals surface area contributed by atoms with Crippen molar-refractivity contribution in [2.45, 2.75) is 12.8 Å². The fourth-order valence-electron chi connectivity index (χ4n) is 2.36. The number of pyridine rings is 1. The number of aromatic nitrogens is 2. The van der Waals surface area contributed by atoms with Crippen LogP contribution >= 0.6 is 11.3 Å². The van der Waals surface area contributed by atoms with Crippen LogP contribution in [0.5, 0.6) is 0 Å². The molecule has 1 amide bonds. The van der Waals surface area contributed by atoms with Gasteiger partial charge in [0.2, 0.25) is 5.91 Å². The maximum Gasteiger partial charge on any atom is 0.337 e. The molecule has 1 N–H and O–H groups in total. The Balaban J connectivity index is 1.56. The summed E-state index contributed by atoms with van der Waals surface area (Å²) in [6.07, 6.45) is 4.34. The number of nitrogens with one attached hydrogen (secondary N) is 1. The highest BCUT2D eigenvalue weighted by Gasteiger charge is 2.10. The summed E-state index contributed by atoms with van der Waals surface area (Å²) < 4.78 is 4.68. The normalized spacial score (nSPS) is 10.3. The molecule has 0 spiro atoms. The van der Waals surface area contributed by atoms with Crippen LogP contribution in [0.25, 0.3) is 11.3 Å². The van der Waals surface area contributed by atoms with Gasteiger partial charge in [0.15, 0.2) is 0 Å². The fourth-order valence-corrected chi connectivity index (χ4v) is 3.17. The second-order valence-corrected chi connectivity index (χ2v) is 6.43. The van der Waals surface area contributed by atoms with Crippen molar-refractivity contribution in [3.63, 3.8) is 0 Å². The van der Waals surface area contributed by atoms with Gasteiger partial charge in [-0.2, -0.15) is 0 Å². The summed E-state index contributed by atoms with van der Waals surface area (Å²) in [5.41, 5.74) is 2.78. The number of ether oxygens (including phenoxy) is 1. The quantitative estimate of drug-likeness (QED) is 0.674. The lowest BCUT2D eigenvalue weighted by molar-refractivity contribution is -0.116. The van der Waals surface area contributed by atoms with E-state index in [1.165, 1.54) is 18.4 Å². The first kappa shape index (κ1) is 17.8. The highest BCUT2D eigenvalue weighted by molar-refractivity contribution is 7.09. The van der Waals surface area contributed by atoms with Gasteiger partial charge in [0.05, 0.1) is 23.4 Å². The van der Waals surface area contributed by atoms with E-state index >= 15 is 0 Å². The van der Waals surface area contributed by atoms with Crippen molar-refractivity contribution in [1.82, 2.24) is 9.97 Å². The van der Waals surface area contributed by atoms with E-state index in [-0.39, 0.29) is 5.91 Å². The number of amides is 1. The SMILES string of the molecule is COC(=O)c1cccc(NC(=O)CCc2nc(-c3cccnc3)cs2)c1. The molecular weight excluding hydrogens is 350 g/mol. The van der Waals surface area contributed by atoms with Gasteiger partial charge >= 0.3 is 5.97 Å². The number of hydrogen-bond donors (Lipinski definition) is 1. The molecule has 0 atom stereocenters. The molecule has 3 aromatic rings. The average Bonchev–Trinajstić information content (AvgIpc) is 3.16. The van der Waals surface area contributed by atoms with Gasteiger partial charge < -0.3 is 10.1 Å². The highest BCUT2D eigenvalue weighted by Crippen LogP contribution is 2.22.